The number of imidazole rings is 1. The van der Waals surface area contributed by atoms with Gasteiger partial charge in [-0.05, 0) is 25.5 Å². The summed E-state index contributed by atoms with van der Waals surface area (Å²) in [4.78, 5) is 20.0. The molecule has 0 unspecified atom stereocenters. The van der Waals surface area contributed by atoms with Crippen molar-refractivity contribution in [3.05, 3.63) is 32.8 Å². The third-order valence-corrected chi connectivity index (χ3v) is 3.69. The van der Waals surface area contributed by atoms with Crippen LogP contribution in [0.5, 0.6) is 0 Å². The summed E-state index contributed by atoms with van der Waals surface area (Å²) in [5, 5.41) is 20.1. The molecule has 0 atom stereocenters. The van der Waals surface area contributed by atoms with Gasteiger partial charge in [0.15, 0.2) is 11.4 Å². The molecule has 0 saturated heterocycles. The van der Waals surface area contributed by atoms with E-state index < -0.39 is 0 Å². The number of aromatic amines is 1. The molecule has 0 radical (unpaired) electrons. The van der Waals surface area contributed by atoms with Crippen molar-refractivity contribution in [2.45, 2.75) is 13.8 Å². The van der Waals surface area contributed by atoms with Crippen LogP contribution in [0.1, 0.15) is 31.5 Å². The maximum absolute atomic E-state index is 12.0. The topological polar surface area (TPSA) is 105 Å². The number of hydrogen-bond donors (Lipinski definition) is 2. The zero-order valence-corrected chi connectivity index (χ0v) is 11.1. The Morgan fingerprint density at radius 3 is 2.63 bits per heavy atom. The van der Waals surface area contributed by atoms with Crippen molar-refractivity contribution in [2.24, 2.45) is 0 Å². The normalized spacial score (nSPS) is 9.68. The molecule has 0 saturated carbocycles. The zero-order chi connectivity index (χ0) is 14.0. The van der Waals surface area contributed by atoms with Crippen LogP contribution in [0.25, 0.3) is 0 Å². The van der Waals surface area contributed by atoms with Crippen molar-refractivity contribution in [3.63, 3.8) is 0 Å². The highest BCUT2D eigenvalue weighted by atomic mass is 32.1. The SMILES string of the molecule is Cc1cc(C(=O)Nc2nc(C#N)c(C#N)[nH]2)sc1C. The second-order valence-corrected chi connectivity index (χ2v) is 5.09. The highest BCUT2D eigenvalue weighted by Crippen LogP contribution is 2.21. The number of nitrogens with zero attached hydrogens (tertiary/aromatic N) is 3. The van der Waals surface area contributed by atoms with Gasteiger partial charge in [-0.25, -0.2) is 4.98 Å². The fraction of sp³-hybridized carbons (Fsp3) is 0.167. The van der Waals surface area contributed by atoms with Crippen LogP contribution in [0.2, 0.25) is 0 Å². The first kappa shape index (κ1) is 12.8. The number of carbonyl (C=O) groups is 1. The Morgan fingerprint density at radius 2 is 2.16 bits per heavy atom. The van der Waals surface area contributed by atoms with Crippen LogP contribution in [-0.4, -0.2) is 15.9 Å². The molecule has 2 rings (SSSR count). The second kappa shape index (κ2) is 4.92. The number of rotatable bonds is 2. The van der Waals surface area contributed by atoms with Gasteiger partial charge in [0.2, 0.25) is 5.95 Å². The largest absolute Gasteiger partial charge is 0.314 e. The standard InChI is InChI=1S/C12H9N5OS/c1-6-3-10(19-7(6)2)11(18)17-12-15-8(4-13)9(5-14)16-12/h3H,1-2H3,(H2,15,16,17,18). The van der Waals surface area contributed by atoms with E-state index in [0.29, 0.717) is 4.88 Å². The zero-order valence-electron chi connectivity index (χ0n) is 10.2. The molecule has 2 N–H and O–H groups in total. The summed E-state index contributed by atoms with van der Waals surface area (Å²) in [5.74, 6) is -0.217. The van der Waals surface area contributed by atoms with Gasteiger partial charge in [0, 0.05) is 4.88 Å². The number of aryl methyl sites for hydroxylation is 2. The van der Waals surface area contributed by atoms with Gasteiger partial charge in [-0.2, -0.15) is 10.5 Å². The van der Waals surface area contributed by atoms with Gasteiger partial charge in [0.1, 0.15) is 12.1 Å². The minimum atomic E-state index is -0.316. The summed E-state index contributed by atoms with van der Waals surface area (Å²) in [6.45, 7) is 3.86. The molecular weight excluding hydrogens is 262 g/mol. The second-order valence-electron chi connectivity index (χ2n) is 3.84. The highest BCUT2D eigenvalue weighted by molar-refractivity contribution is 7.14. The van der Waals surface area contributed by atoms with E-state index in [-0.39, 0.29) is 23.2 Å². The summed E-state index contributed by atoms with van der Waals surface area (Å²) in [5.41, 5.74) is 1.05. The fourth-order valence-electron chi connectivity index (χ4n) is 1.45. The number of hydrogen-bond acceptors (Lipinski definition) is 5. The average molecular weight is 271 g/mol. The molecule has 19 heavy (non-hydrogen) atoms. The lowest BCUT2D eigenvalue weighted by atomic mass is 10.3. The van der Waals surface area contributed by atoms with E-state index in [2.05, 4.69) is 15.3 Å². The lowest BCUT2D eigenvalue weighted by Crippen LogP contribution is -2.11. The Hall–Kier alpha value is -2.64. The minimum absolute atomic E-state index is 0.0312. The Labute approximate surface area is 113 Å². The van der Waals surface area contributed by atoms with Crippen molar-refractivity contribution >= 4 is 23.2 Å². The Morgan fingerprint density at radius 1 is 1.42 bits per heavy atom. The van der Waals surface area contributed by atoms with Crippen LogP contribution in [0.3, 0.4) is 0 Å². The molecule has 0 aliphatic rings. The van der Waals surface area contributed by atoms with Crippen LogP contribution in [-0.2, 0) is 0 Å². The van der Waals surface area contributed by atoms with E-state index in [4.69, 9.17) is 10.5 Å². The lowest BCUT2D eigenvalue weighted by Gasteiger charge is -1.97. The third kappa shape index (κ3) is 2.46. The Bertz CT molecular complexity index is 677. The number of thiophene rings is 1. The van der Waals surface area contributed by atoms with Crippen molar-refractivity contribution in [3.8, 4) is 12.1 Å². The van der Waals surface area contributed by atoms with E-state index in [1.165, 1.54) is 11.3 Å². The Balaban J connectivity index is 2.22. The molecule has 0 fully saturated rings. The van der Waals surface area contributed by atoms with Gasteiger partial charge in [-0.15, -0.1) is 11.3 Å². The average Bonchev–Trinajstić information content (AvgIpc) is 2.93. The molecule has 0 spiro atoms. The number of anilines is 1. The van der Waals surface area contributed by atoms with Crippen molar-refractivity contribution in [2.75, 3.05) is 5.32 Å². The monoisotopic (exact) mass is 271 g/mol. The number of nitriles is 2. The predicted octanol–water partition coefficient (Wildman–Crippen LogP) is 2.08. The molecule has 1 amide bonds. The molecule has 7 heteroatoms. The summed E-state index contributed by atoms with van der Waals surface area (Å²) in [6.07, 6.45) is 0. The first-order valence-electron chi connectivity index (χ1n) is 5.33. The van der Waals surface area contributed by atoms with Crippen LogP contribution < -0.4 is 5.32 Å². The molecule has 0 aliphatic carbocycles. The van der Waals surface area contributed by atoms with E-state index in [0.717, 1.165) is 10.4 Å². The van der Waals surface area contributed by atoms with E-state index in [1.54, 1.807) is 18.2 Å². The smallest absolute Gasteiger partial charge is 0.268 e. The lowest BCUT2D eigenvalue weighted by molar-refractivity contribution is 0.102. The molecule has 94 valence electrons. The number of H-pyrrole nitrogens is 1. The first-order valence-corrected chi connectivity index (χ1v) is 6.15. The molecule has 0 aliphatic heterocycles. The van der Waals surface area contributed by atoms with Crippen LogP contribution in [0.15, 0.2) is 6.07 Å². The van der Waals surface area contributed by atoms with Gasteiger partial charge in [-0.3, -0.25) is 10.1 Å². The van der Waals surface area contributed by atoms with Crippen LogP contribution in [0, 0.1) is 36.5 Å². The molecule has 2 heterocycles. The van der Waals surface area contributed by atoms with Gasteiger partial charge >= 0.3 is 0 Å². The van der Waals surface area contributed by atoms with E-state index >= 15 is 0 Å². The van der Waals surface area contributed by atoms with E-state index in [9.17, 15) is 4.79 Å². The number of amides is 1. The van der Waals surface area contributed by atoms with Gasteiger partial charge < -0.3 is 4.98 Å². The molecule has 6 nitrogen and oxygen atoms in total. The summed E-state index contributed by atoms with van der Waals surface area (Å²) < 4.78 is 0. The van der Waals surface area contributed by atoms with E-state index in [1.807, 2.05) is 13.8 Å². The third-order valence-electron chi connectivity index (χ3n) is 2.54. The van der Waals surface area contributed by atoms with Crippen molar-refractivity contribution in [1.82, 2.24) is 9.97 Å². The summed E-state index contributed by atoms with van der Waals surface area (Å²) in [6, 6.07) is 5.37. The number of carbonyl (C=O) groups excluding carboxylic acids is 1. The van der Waals surface area contributed by atoms with Crippen molar-refractivity contribution in [1.29, 1.82) is 10.5 Å². The maximum atomic E-state index is 12.0. The highest BCUT2D eigenvalue weighted by Gasteiger charge is 2.14. The van der Waals surface area contributed by atoms with Crippen molar-refractivity contribution < 1.29 is 4.79 Å². The first-order chi connectivity index (χ1) is 9.05. The van der Waals surface area contributed by atoms with Crippen LogP contribution in [0.4, 0.5) is 5.95 Å². The predicted molar refractivity (Wildman–Crippen MR) is 69.8 cm³/mol. The Kier molecular flexibility index (Phi) is 3.32. The summed E-state index contributed by atoms with van der Waals surface area (Å²) in [7, 11) is 0. The van der Waals surface area contributed by atoms with Crippen LogP contribution >= 0.6 is 11.3 Å². The maximum Gasteiger partial charge on any atom is 0.268 e. The quantitative estimate of drug-likeness (QED) is 0.872. The number of aromatic nitrogens is 2. The van der Waals surface area contributed by atoms with Gasteiger partial charge in [0.25, 0.3) is 5.91 Å². The molecular formula is C12H9N5OS. The molecule has 2 aromatic rings. The molecule has 0 bridgehead atoms. The fourth-order valence-corrected chi connectivity index (χ4v) is 2.38. The molecule has 0 aromatic carbocycles. The number of nitrogens with one attached hydrogen (secondary N) is 2. The minimum Gasteiger partial charge on any atom is -0.314 e. The van der Waals surface area contributed by atoms with Gasteiger partial charge in [0.05, 0.1) is 4.88 Å². The molecule has 2 aromatic heterocycles. The summed E-state index contributed by atoms with van der Waals surface area (Å²) >= 11 is 1.38. The van der Waals surface area contributed by atoms with Gasteiger partial charge in [-0.1, -0.05) is 0 Å².